The number of hydrogen-bond donors (Lipinski definition) is 1. The third-order valence-corrected chi connectivity index (χ3v) is 1.90. The molecule has 0 aliphatic carbocycles. The largest absolute Gasteiger partial charge is 0.459 e. The number of carbonyl (C=O) groups is 2. The Balaban J connectivity index is 2.42. The minimum Gasteiger partial charge on any atom is -0.459 e. The van der Waals surface area contributed by atoms with E-state index in [-0.39, 0.29) is 12.5 Å². The first-order valence-electron chi connectivity index (χ1n) is 4.16. The summed E-state index contributed by atoms with van der Waals surface area (Å²) in [6.45, 7) is 0.534. The Labute approximate surface area is 80.0 Å². The fourth-order valence-electron chi connectivity index (χ4n) is 1.18. The van der Waals surface area contributed by atoms with E-state index in [0.717, 1.165) is 0 Å². The molecular formula is C7H10N4O3. The molecule has 0 radical (unpaired) electrons. The van der Waals surface area contributed by atoms with E-state index in [1.165, 1.54) is 0 Å². The molecule has 76 valence electrons. The quantitative estimate of drug-likeness (QED) is 0.226. The number of ketones is 1. The average Bonchev–Trinajstić information content (AvgIpc) is 2.18. The number of ether oxygens (including phenoxy) is 1. The van der Waals surface area contributed by atoms with E-state index in [2.05, 4.69) is 20.1 Å². The Bertz CT molecular complexity index is 285. The summed E-state index contributed by atoms with van der Waals surface area (Å²) in [5.41, 5.74) is 7.93. The van der Waals surface area contributed by atoms with Crippen LogP contribution in [0.3, 0.4) is 0 Å². The van der Waals surface area contributed by atoms with Crippen molar-refractivity contribution in [3.63, 3.8) is 0 Å². The van der Waals surface area contributed by atoms with Crippen molar-refractivity contribution in [2.75, 3.05) is 19.8 Å². The Hall–Kier alpha value is -1.59. The minimum atomic E-state index is -0.752. The van der Waals surface area contributed by atoms with Crippen LogP contribution in [0, 0.1) is 5.92 Å². The van der Waals surface area contributed by atoms with Crippen LogP contribution >= 0.6 is 0 Å². The second kappa shape index (κ2) is 5.21. The van der Waals surface area contributed by atoms with Gasteiger partial charge in [-0.1, -0.05) is 5.11 Å². The van der Waals surface area contributed by atoms with Gasteiger partial charge in [0.15, 0.2) is 6.73 Å². The maximum atomic E-state index is 11.2. The first-order valence-corrected chi connectivity index (χ1v) is 4.16. The van der Waals surface area contributed by atoms with Crippen LogP contribution in [0.1, 0.15) is 6.42 Å². The van der Waals surface area contributed by atoms with Gasteiger partial charge >= 0.3 is 5.97 Å². The van der Waals surface area contributed by atoms with E-state index in [1.54, 1.807) is 0 Å². The van der Waals surface area contributed by atoms with Crippen molar-refractivity contribution in [1.82, 2.24) is 5.32 Å². The van der Waals surface area contributed by atoms with Crippen LogP contribution in [0.2, 0.25) is 0 Å². The second-order valence-electron chi connectivity index (χ2n) is 2.80. The van der Waals surface area contributed by atoms with Gasteiger partial charge in [-0.3, -0.25) is 9.59 Å². The third-order valence-electron chi connectivity index (χ3n) is 1.90. The summed E-state index contributed by atoms with van der Waals surface area (Å²) < 4.78 is 4.57. The average molecular weight is 198 g/mol. The van der Waals surface area contributed by atoms with Crippen LogP contribution in [0.25, 0.3) is 10.4 Å². The highest BCUT2D eigenvalue weighted by atomic mass is 16.5. The highest BCUT2D eigenvalue weighted by Gasteiger charge is 2.29. The lowest BCUT2D eigenvalue weighted by molar-refractivity contribution is -0.152. The zero-order chi connectivity index (χ0) is 10.4. The lowest BCUT2D eigenvalue weighted by atomic mass is 9.98. The van der Waals surface area contributed by atoms with Gasteiger partial charge in [0.05, 0.1) is 0 Å². The molecule has 0 aromatic rings. The zero-order valence-electron chi connectivity index (χ0n) is 7.47. The number of nitrogens with one attached hydrogen (secondary N) is 1. The number of nitrogens with zero attached hydrogens (tertiary/aromatic N) is 3. The molecule has 1 unspecified atom stereocenters. The molecule has 1 aliphatic heterocycles. The molecule has 7 nitrogen and oxygen atoms in total. The second-order valence-corrected chi connectivity index (χ2v) is 2.80. The molecule has 0 saturated carbocycles. The fourth-order valence-corrected chi connectivity index (χ4v) is 1.18. The van der Waals surface area contributed by atoms with E-state index in [0.29, 0.717) is 19.5 Å². The van der Waals surface area contributed by atoms with Gasteiger partial charge in [-0.25, -0.2) is 0 Å². The SMILES string of the molecule is [N-]=[N+]=NCOC(=O)C1CNCCC1=O. The number of esters is 1. The van der Waals surface area contributed by atoms with E-state index in [1.807, 2.05) is 0 Å². The van der Waals surface area contributed by atoms with Crippen LogP contribution in [-0.4, -0.2) is 31.6 Å². The summed E-state index contributed by atoms with van der Waals surface area (Å²) in [4.78, 5) is 24.9. The number of azide groups is 1. The van der Waals surface area contributed by atoms with Gasteiger partial charge < -0.3 is 10.1 Å². The van der Waals surface area contributed by atoms with Gasteiger partial charge in [-0.15, -0.1) is 0 Å². The third kappa shape index (κ3) is 2.72. The van der Waals surface area contributed by atoms with Crippen LogP contribution < -0.4 is 5.32 Å². The molecule has 0 bridgehead atoms. The summed E-state index contributed by atoms with van der Waals surface area (Å²) in [5, 5.41) is 5.95. The van der Waals surface area contributed by atoms with E-state index < -0.39 is 11.9 Å². The molecule has 1 atom stereocenters. The first kappa shape index (κ1) is 10.5. The molecule has 0 spiro atoms. The topological polar surface area (TPSA) is 104 Å². The molecule has 1 heterocycles. The number of hydrogen-bond acceptors (Lipinski definition) is 5. The molecule has 1 fully saturated rings. The smallest absolute Gasteiger partial charge is 0.317 e. The molecule has 1 saturated heterocycles. The lowest BCUT2D eigenvalue weighted by Gasteiger charge is -2.19. The molecule has 0 aromatic heterocycles. The van der Waals surface area contributed by atoms with Crippen molar-refractivity contribution in [2.24, 2.45) is 11.0 Å². The van der Waals surface area contributed by atoms with E-state index >= 15 is 0 Å². The van der Waals surface area contributed by atoms with Gasteiger partial charge in [-0.05, 0) is 5.53 Å². The Morgan fingerprint density at radius 3 is 3.21 bits per heavy atom. The van der Waals surface area contributed by atoms with Crippen molar-refractivity contribution in [3.8, 4) is 0 Å². The van der Waals surface area contributed by atoms with Crippen molar-refractivity contribution >= 4 is 11.8 Å². The van der Waals surface area contributed by atoms with Crippen LogP contribution in [0.15, 0.2) is 5.11 Å². The number of Topliss-reactive ketones (excluding diaryl/α,β-unsaturated/α-hetero) is 1. The molecule has 7 heteroatoms. The monoisotopic (exact) mass is 198 g/mol. The van der Waals surface area contributed by atoms with Gasteiger partial charge in [0.1, 0.15) is 11.7 Å². The summed E-state index contributed by atoms with van der Waals surface area (Å²) in [6.07, 6.45) is 0.335. The highest BCUT2D eigenvalue weighted by Crippen LogP contribution is 2.07. The Morgan fingerprint density at radius 1 is 1.79 bits per heavy atom. The highest BCUT2D eigenvalue weighted by molar-refractivity contribution is 5.99. The Morgan fingerprint density at radius 2 is 2.57 bits per heavy atom. The zero-order valence-corrected chi connectivity index (χ0v) is 7.47. The molecule has 1 aliphatic rings. The van der Waals surface area contributed by atoms with Crippen molar-refractivity contribution in [3.05, 3.63) is 10.4 Å². The van der Waals surface area contributed by atoms with Crippen LogP contribution in [-0.2, 0) is 14.3 Å². The molecule has 1 N–H and O–H groups in total. The maximum Gasteiger partial charge on any atom is 0.317 e. The maximum absolute atomic E-state index is 11.2. The number of carbonyl (C=O) groups excluding carboxylic acids is 2. The first-order chi connectivity index (χ1) is 6.75. The van der Waals surface area contributed by atoms with Gasteiger partial charge in [0.25, 0.3) is 0 Å². The molecule has 0 aromatic carbocycles. The number of rotatable bonds is 3. The summed E-state index contributed by atoms with van der Waals surface area (Å²) in [5.74, 6) is -1.51. The van der Waals surface area contributed by atoms with Crippen molar-refractivity contribution in [2.45, 2.75) is 6.42 Å². The molecule has 14 heavy (non-hydrogen) atoms. The fraction of sp³-hybridized carbons (Fsp3) is 0.714. The van der Waals surface area contributed by atoms with Crippen molar-refractivity contribution in [1.29, 1.82) is 0 Å². The summed E-state index contributed by atoms with van der Waals surface area (Å²) >= 11 is 0. The minimum absolute atomic E-state index is 0.130. The molecule has 1 rings (SSSR count). The van der Waals surface area contributed by atoms with E-state index in [4.69, 9.17) is 5.53 Å². The lowest BCUT2D eigenvalue weighted by Crippen LogP contribution is -2.41. The van der Waals surface area contributed by atoms with Crippen molar-refractivity contribution < 1.29 is 14.3 Å². The standard InChI is InChI=1S/C7H10N4O3/c8-11-10-4-14-7(13)5-3-9-2-1-6(5)12/h5,9H,1-4H2. The normalized spacial score (nSPS) is 21.1. The van der Waals surface area contributed by atoms with Crippen LogP contribution in [0.5, 0.6) is 0 Å². The van der Waals surface area contributed by atoms with Gasteiger partial charge in [-0.2, -0.15) is 0 Å². The van der Waals surface area contributed by atoms with Gasteiger partial charge in [0.2, 0.25) is 0 Å². The predicted octanol–water partition coefficient (Wildman–Crippen LogP) is -0.0240. The molecule has 0 amide bonds. The summed E-state index contributed by atoms with van der Waals surface area (Å²) in [6, 6.07) is 0. The summed E-state index contributed by atoms with van der Waals surface area (Å²) in [7, 11) is 0. The Kier molecular flexibility index (Phi) is 3.90. The predicted molar refractivity (Wildman–Crippen MR) is 46.1 cm³/mol. The number of piperidine rings is 1. The molecular weight excluding hydrogens is 188 g/mol. The van der Waals surface area contributed by atoms with Crippen LogP contribution in [0.4, 0.5) is 0 Å². The van der Waals surface area contributed by atoms with E-state index in [9.17, 15) is 9.59 Å². The van der Waals surface area contributed by atoms with Gasteiger partial charge in [0, 0.05) is 24.4 Å².